The fourth-order valence-electron chi connectivity index (χ4n) is 2.32. The highest BCUT2D eigenvalue weighted by atomic mass is 79.9. The van der Waals surface area contributed by atoms with Crippen LogP contribution in [0.2, 0.25) is 0 Å². The molecule has 21 heavy (non-hydrogen) atoms. The van der Waals surface area contributed by atoms with E-state index in [1.54, 1.807) is 11.8 Å². The first-order valence-electron chi connectivity index (χ1n) is 6.94. The lowest BCUT2D eigenvalue weighted by Gasteiger charge is -2.20. The van der Waals surface area contributed by atoms with Gasteiger partial charge in [-0.1, -0.05) is 24.3 Å². The number of benzene rings is 2. The maximum absolute atomic E-state index is 5.79. The van der Waals surface area contributed by atoms with Crippen LogP contribution in [0.4, 0.5) is 0 Å². The van der Waals surface area contributed by atoms with Gasteiger partial charge in [0.2, 0.25) is 0 Å². The Labute approximate surface area is 139 Å². The van der Waals surface area contributed by atoms with Crippen molar-refractivity contribution >= 4 is 27.7 Å². The summed E-state index contributed by atoms with van der Waals surface area (Å²) in [6, 6.07) is 12.9. The first-order chi connectivity index (χ1) is 10.0. The minimum Gasteiger partial charge on any atom is -0.271 e. The molecule has 0 aliphatic rings. The Balaban J connectivity index is 2.17. The number of nitrogens with one attached hydrogen (secondary N) is 1. The molecule has 2 rings (SSSR count). The van der Waals surface area contributed by atoms with Crippen molar-refractivity contribution in [2.24, 2.45) is 5.84 Å². The van der Waals surface area contributed by atoms with Crippen LogP contribution < -0.4 is 11.3 Å². The summed E-state index contributed by atoms with van der Waals surface area (Å²) < 4.78 is 1.13. The van der Waals surface area contributed by atoms with Crippen LogP contribution >= 0.6 is 27.7 Å². The molecule has 112 valence electrons. The Morgan fingerprint density at radius 2 is 1.76 bits per heavy atom. The monoisotopic (exact) mass is 364 g/mol. The van der Waals surface area contributed by atoms with Crippen LogP contribution in [0.15, 0.2) is 45.8 Å². The van der Waals surface area contributed by atoms with Gasteiger partial charge in [0.05, 0.1) is 6.04 Å². The summed E-state index contributed by atoms with van der Waals surface area (Å²) in [5, 5.41) is 0. The summed E-state index contributed by atoms with van der Waals surface area (Å²) >= 11 is 5.39. The van der Waals surface area contributed by atoms with Crippen LogP contribution in [0, 0.1) is 20.8 Å². The molecule has 2 aromatic carbocycles. The highest BCUT2D eigenvalue weighted by Gasteiger charge is 2.14. The number of thioether (sulfide) groups is 1. The van der Waals surface area contributed by atoms with Crippen molar-refractivity contribution < 1.29 is 0 Å². The zero-order valence-electron chi connectivity index (χ0n) is 12.6. The van der Waals surface area contributed by atoms with Crippen LogP contribution in [0.3, 0.4) is 0 Å². The normalized spacial score (nSPS) is 12.4. The number of rotatable bonds is 5. The standard InChI is InChI=1S/C17H21BrN2S/c1-11-8-13(3)14(9-12(11)2)16(20-19)10-21-17-7-5-4-6-15(17)18/h4-9,16,20H,10,19H2,1-3H3. The Kier molecular flexibility index (Phi) is 5.88. The van der Waals surface area contributed by atoms with Gasteiger partial charge in [-0.2, -0.15) is 0 Å². The smallest absolute Gasteiger partial charge is 0.0556 e. The van der Waals surface area contributed by atoms with E-state index in [1.165, 1.54) is 27.1 Å². The van der Waals surface area contributed by atoms with Gasteiger partial charge < -0.3 is 0 Å². The fourth-order valence-corrected chi connectivity index (χ4v) is 3.95. The molecule has 0 spiro atoms. The minimum absolute atomic E-state index is 0.140. The highest BCUT2D eigenvalue weighted by Crippen LogP contribution is 2.31. The molecule has 2 nitrogen and oxygen atoms in total. The molecule has 0 aliphatic carbocycles. The Morgan fingerprint density at radius 1 is 1.10 bits per heavy atom. The van der Waals surface area contributed by atoms with E-state index in [4.69, 9.17) is 5.84 Å². The lowest BCUT2D eigenvalue weighted by atomic mass is 9.97. The largest absolute Gasteiger partial charge is 0.271 e. The van der Waals surface area contributed by atoms with E-state index in [9.17, 15) is 0 Å². The molecule has 4 heteroatoms. The van der Waals surface area contributed by atoms with Gasteiger partial charge in [0.15, 0.2) is 0 Å². The molecule has 0 amide bonds. The molecular formula is C17H21BrN2S. The predicted molar refractivity (Wildman–Crippen MR) is 95.6 cm³/mol. The summed E-state index contributed by atoms with van der Waals surface area (Å²) in [5.41, 5.74) is 8.15. The third-order valence-electron chi connectivity index (χ3n) is 3.70. The van der Waals surface area contributed by atoms with Crippen molar-refractivity contribution in [1.29, 1.82) is 0 Å². The maximum Gasteiger partial charge on any atom is 0.0556 e. The van der Waals surface area contributed by atoms with Crippen LogP contribution in [0.1, 0.15) is 28.3 Å². The van der Waals surface area contributed by atoms with E-state index in [-0.39, 0.29) is 6.04 Å². The number of aryl methyl sites for hydroxylation is 3. The van der Waals surface area contributed by atoms with E-state index < -0.39 is 0 Å². The van der Waals surface area contributed by atoms with Gasteiger partial charge in [-0.15, -0.1) is 11.8 Å². The first kappa shape index (κ1) is 16.6. The second kappa shape index (κ2) is 7.45. The first-order valence-corrected chi connectivity index (χ1v) is 8.72. The van der Waals surface area contributed by atoms with Gasteiger partial charge in [0.25, 0.3) is 0 Å². The molecule has 0 heterocycles. The molecule has 0 saturated heterocycles. The number of hydrazine groups is 1. The summed E-state index contributed by atoms with van der Waals surface area (Å²) in [5.74, 6) is 6.68. The molecule has 0 aromatic heterocycles. The molecule has 0 radical (unpaired) electrons. The van der Waals surface area contributed by atoms with Crippen molar-refractivity contribution in [3.05, 3.63) is 63.1 Å². The summed E-state index contributed by atoms with van der Waals surface area (Å²) in [7, 11) is 0. The van der Waals surface area contributed by atoms with E-state index in [0.29, 0.717) is 0 Å². The molecule has 3 N–H and O–H groups in total. The molecule has 2 aromatic rings. The summed E-state index contributed by atoms with van der Waals surface area (Å²) in [4.78, 5) is 1.24. The lowest BCUT2D eigenvalue weighted by Crippen LogP contribution is -2.30. The SMILES string of the molecule is Cc1cc(C)c(C(CSc2ccccc2Br)NN)cc1C. The Morgan fingerprint density at radius 3 is 2.43 bits per heavy atom. The van der Waals surface area contributed by atoms with Gasteiger partial charge in [-0.05, 0) is 71.1 Å². The van der Waals surface area contributed by atoms with Crippen molar-refractivity contribution in [3.8, 4) is 0 Å². The van der Waals surface area contributed by atoms with Crippen LogP contribution in [0.5, 0.6) is 0 Å². The zero-order valence-corrected chi connectivity index (χ0v) is 15.0. The minimum atomic E-state index is 0.140. The molecular weight excluding hydrogens is 344 g/mol. The molecule has 1 atom stereocenters. The summed E-state index contributed by atoms with van der Waals surface area (Å²) in [6.07, 6.45) is 0. The fraction of sp³-hybridized carbons (Fsp3) is 0.294. The van der Waals surface area contributed by atoms with Gasteiger partial charge in [-0.3, -0.25) is 11.3 Å². The predicted octanol–water partition coefficient (Wildman–Crippen LogP) is 4.67. The molecule has 1 unspecified atom stereocenters. The van der Waals surface area contributed by atoms with Crippen LogP contribution in [-0.4, -0.2) is 5.75 Å². The topological polar surface area (TPSA) is 38.0 Å². The van der Waals surface area contributed by atoms with Gasteiger partial charge >= 0.3 is 0 Å². The average molecular weight is 365 g/mol. The van der Waals surface area contributed by atoms with Crippen LogP contribution in [0.25, 0.3) is 0 Å². The van der Waals surface area contributed by atoms with Crippen molar-refractivity contribution in [2.45, 2.75) is 31.7 Å². The molecule has 0 saturated carbocycles. The van der Waals surface area contributed by atoms with Crippen molar-refractivity contribution in [3.63, 3.8) is 0 Å². The molecule has 0 bridgehead atoms. The summed E-state index contributed by atoms with van der Waals surface area (Å²) in [6.45, 7) is 6.44. The Hall–Kier alpha value is -0.810. The lowest BCUT2D eigenvalue weighted by molar-refractivity contribution is 0.607. The quantitative estimate of drug-likeness (QED) is 0.459. The number of hydrogen-bond acceptors (Lipinski definition) is 3. The number of hydrogen-bond donors (Lipinski definition) is 2. The van der Waals surface area contributed by atoms with E-state index >= 15 is 0 Å². The Bertz CT molecular complexity index is 628. The molecule has 0 fully saturated rings. The van der Waals surface area contributed by atoms with E-state index in [1.807, 2.05) is 6.07 Å². The van der Waals surface area contributed by atoms with Crippen molar-refractivity contribution in [1.82, 2.24) is 5.43 Å². The van der Waals surface area contributed by atoms with Crippen LogP contribution in [-0.2, 0) is 0 Å². The third kappa shape index (κ3) is 4.10. The number of halogens is 1. The maximum atomic E-state index is 5.79. The van der Waals surface area contributed by atoms with Crippen molar-refractivity contribution in [2.75, 3.05) is 5.75 Å². The van der Waals surface area contributed by atoms with E-state index in [0.717, 1.165) is 10.2 Å². The third-order valence-corrected chi connectivity index (χ3v) is 5.82. The number of nitrogens with two attached hydrogens (primary N) is 1. The highest BCUT2D eigenvalue weighted by molar-refractivity contribution is 9.10. The average Bonchev–Trinajstić information content (AvgIpc) is 2.46. The molecule has 0 aliphatic heterocycles. The van der Waals surface area contributed by atoms with Gasteiger partial charge in [-0.25, -0.2) is 0 Å². The van der Waals surface area contributed by atoms with E-state index in [2.05, 4.69) is 72.5 Å². The second-order valence-electron chi connectivity index (χ2n) is 5.25. The van der Waals surface area contributed by atoms with Gasteiger partial charge in [0.1, 0.15) is 0 Å². The zero-order chi connectivity index (χ0) is 15.4. The van der Waals surface area contributed by atoms with Gasteiger partial charge in [0, 0.05) is 15.1 Å². The second-order valence-corrected chi connectivity index (χ2v) is 7.17.